The van der Waals surface area contributed by atoms with Crippen LogP contribution in [-0.4, -0.2) is 36.7 Å². The number of carboxylic acid groups (broad SMARTS) is 1. The van der Waals surface area contributed by atoms with Crippen LogP contribution < -0.4 is 5.32 Å². The van der Waals surface area contributed by atoms with Gasteiger partial charge in [-0.1, -0.05) is 13.8 Å². The first-order valence-corrected chi connectivity index (χ1v) is 4.11. The van der Waals surface area contributed by atoms with Gasteiger partial charge in [0.1, 0.15) is 6.61 Å². The molecule has 1 amide bonds. The molecule has 2 N–H and O–H groups in total. The van der Waals surface area contributed by atoms with Crippen molar-refractivity contribution < 1.29 is 19.4 Å². The van der Waals surface area contributed by atoms with Crippen LogP contribution in [0.5, 0.6) is 0 Å². The van der Waals surface area contributed by atoms with Crippen molar-refractivity contribution >= 4 is 11.9 Å². The lowest BCUT2D eigenvalue weighted by atomic mass is 10.2. The van der Waals surface area contributed by atoms with Gasteiger partial charge in [0.05, 0.1) is 6.61 Å². The van der Waals surface area contributed by atoms with Crippen molar-refractivity contribution in [2.24, 2.45) is 5.92 Å². The summed E-state index contributed by atoms with van der Waals surface area (Å²) in [6.07, 6.45) is 0. The maximum atomic E-state index is 11.0. The Hall–Kier alpha value is -1.10. The molecule has 13 heavy (non-hydrogen) atoms. The quantitative estimate of drug-likeness (QED) is 0.570. The third-order valence-corrected chi connectivity index (χ3v) is 1.30. The first kappa shape index (κ1) is 11.9. The van der Waals surface area contributed by atoms with E-state index in [1.165, 1.54) is 0 Å². The topological polar surface area (TPSA) is 75.6 Å². The lowest BCUT2D eigenvalue weighted by Gasteiger charge is -2.06. The highest BCUT2D eigenvalue weighted by molar-refractivity contribution is 5.77. The van der Waals surface area contributed by atoms with Crippen LogP contribution in [0.4, 0.5) is 0 Å². The van der Waals surface area contributed by atoms with Crippen molar-refractivity contribution in [1.82, 2.24) is 5.32 Å². The lowest BCUT2D eigenvalue weighted by Crippen LogP contribution is -2.31. The van der Waals surface area contributed by atoms with E-state index < -0.39 is 5.97 Å². The number of hydrogen-bond donors (Lipinski definition) is 2. The van der Waals surface area contributed by atoms with Crippen molar-refractivity contribution in [3.05, 3.63) is 0 Å². The monoisotopic (exact) mass is 189 g/mol. The van der Waals surface area contributed by atoms with Crippen LogP contribution in [-0.2, 0) is 14.3 Å². The van der Waals surface area contributed by atoms with E-state index in [-0.39, 0.29) is 25.0 Å². The minimum absolute atomic E-state index is 0.0560. The number of amides is 1. The Morgan fingerprint density at radius 3 is 2.54 bits per heavy atom. The van der Waals surface area contributed by atoms with Crippen LogP contribution in [0.25, 0.3) is 0 Å². The van der Waals surface area contributed by atoms with E-state index in [0.29, 0.717) is 6.54 Å². The third-order valence-electron chi connectivity index (χ3n) is 1.30. The molecule has 0 aliphatic heterocycles. The normalized spacial score (nSPS) is 10.1. The van der Waals surface area contributed by atoms with Gasteiger partial charge in [-0.15, -0.1) is 0 Å². The Morgan fingerprint density at radius 1 is 1.46 bits per heavy atom. The molecule has 0 aromatic rings. The maximum absolute atomic E-state index is 11.0. The molecule has 0 aromatic carbocycles. The zero-order valence-electron chi connectivity index (χ0n) is 7.87. The largest absolute Gasteiger partial charge is 0.480 e. The second-order valence-corrected chi connectivity index (χ2v) is 2.89. The number of carbonyl (C=O) groups excluding carboxylic acids is 1. The Bertz CT molecular complexity index is 179. The second-order valence-electron chi connectivity index (χ2n) is 2.89. The zero-order chi connectivity index (χ0) is 10.3. The molecule has 0 unspecified atom stereocenters. The van der Waals surface area contributed by atoms with Crippen LogP contribution in [0.3, 0.4) is 0 Å². The molecule has 0 aliphatic carbocycles. The fourth-order valence-corrected chi connectivity index (χ4v) is 0.610. The van der Waals surface area contributed by atoms with Gasteiger partial charge in [0.25, 0.3) is 0 Å². The number of nitrogens with one attached hydrogen (secondary N) is 1. The van der Waals surface area contributed by atoms with Gasteiger partial charge >= 0.3 is 5.97 Å². The lowest BCUT2D eigenvalue weighted by molar-refractivity contribution is -0.142. The number of ether oxygens (including phenoxy) is 1. The minimum atomic E-state index is -1.00. The standard InChI is InChI=1S/C8H15NO4/c1-6(2)8(12)9-3-4-13-5-7(10)11/h6H,3-5H2,1-2H3,(H,9,12)(H,10,11). The molecule has 76 valence electrons. The van der Waals surface area contributed by atoms with E-state index in [1.54, 1.807) is 13.8 Å². The van der Waals surface area contributed by atoms with Gasteiger partial charge in [-0.25, -0.2) is 4.79 Å². The summed E-state index contributed by atoms with van der Waals surface area (Å²) >= 11 is 0. The Kier molecular flexibility index (Phi) is 5.88. The van der Waals surface area contributed by atoms with Gasteiger partial charge in [-0.05, 0) is 0 Å². The van der Waals surface area contributed by atoms with Gasteiger partial charge in [-0.2, -0.15) is 0 Å². The summed E-state index contributed by atoms with van der Waals surface area (Å²) in [5.74, 6) is -1.12. The average Bonchev–Trinajstić information content (AvgIpc) is 2.02. The summed E-state index contributed by atoms with van der Waals surface area (Å²) in [5, 5.41) is 10.8. The third kappa shape index (κ3) is 7.27. The second kappa shape index (κ2) is 6.42. The first-order valence-electron chi connectivity index (χ1n) is 4.11. The Labute approximate surface area is 77.1 Å². The molecule has 0 saturated carbocycles. The molecular weight excluding hydrogens is 174 g/mol. The van der Waals surface area contributed by atoms with Crippen LogP contribution >= 0.6 is 0 Å². The highest BCUT2D eigenvalue weighted by atomic mass is 16.5. The molecule has 0 atom stereocenters. The number of aliphatic carboxylic acids is 1. The first-order chi connectivity index (χ1) is 6.04. The van der Waals surface area contributed by atoms with Crippen molar-refractivity contribution in [1.29, 1.82) is 0 Å². The van der Waals surface area contributed by atoms with Crippen molar-refractivity contribution in [2.75, 3.05) is 19.8 Å². The average molecular weight is 189 g/mol. The molecule has 0 bridgehead atoms. The molecule has 0 heterocycles. The van der Waals surface area contributed by atoms with Gasteiger partial charge in [0, 0.05) is 12.5 Å². The summed E-state index contributed by atoms with van der Waals surface area (Å²) < 4.78 is 4.71. The molecule has 5 nitrogen and oxygen atoms in total. The maximum Gasteiger partial charge on any atom is 0.329 e. The fraction of sp³-hybridized carbons (Fsp3) is 0.750. The molecule has 0 rings (SSSR count). The van der Waals surface area contributed by atoms with Crippen LogP contribution in [0, 0.1) is 5.92 Å². The zero-order valence-corrected chi connectivity index (χ0v) is 7.87. The number of carbonyl (C=O) groups is 2. The molecule has 0 aromatic heterocycles. The van der Waals surface area contributed by atoms with E-state index >= 15 is 0 Å². The van der Waals surface area contributed by atoms with Gasteiger partial charge in [-0.3, -0.25) is 4.79 Å². The van der Waals surface area contributed by atoms with Crippen LogP contribution in [0.1, 0.15) is 13.8 Å². The summed E-state index contributed by atoms with van der Waals surface area (Å²) in [4.78, 5) is 20.9. The van der Waals surface area contributed by atoms with Crippen molar-refractivity contribution in [3.8, 4) is 0 Å². The molecule has 0 radical (unpaired) electrons. The smallest absolute Gasteiger partial charge is 0.329 e. The molecule has 0 saturated heterocycles. The number of hydrogen-bond acceptors (Lipinski definition) is 3. The highest BCUT2D eigenvalue weighted by Gasteiger charge is 2.04. The molecule has 5 heteroatoms. The minimum Gasteiger partial charge on any atom is -0.480 e. The molecule has 0 spiro atoms. The predicted molar refractivity (Wildman–Crippen MR) is 46.3 cm³/mol. The molecule has 0 fully saturated rings. The van der Waals surface area contributed by atoms with Crippen molar-refractivity contribution in [2.45, 2.75) is 13.8 Å². The highest BCUT2D eigenvalue weighted by Crippen LogP contribution is 1.89. The summed E-state index contributed by atoms with van der Waals surface area (Å²) in [7, 11) is 0. The van der Waals surface area contributed by atoms with E-state index in [4.69, 9.17) is 9.84 Å². The summed E-state index contributed by atoms with van der Waals surface area (Å²) in [5.41, 5.74) is 0. The molecule has 0 aliphatic rings. The Balaban J connectivity index is 3.26. The van der Waals surface area contributed by atoms with Gasteiger partial charge < -0.3 is 15.2 Å². The number of rotatable bonds is 6. The van der Waals surface area contributed by atoms with E-state index in [1.807, 2.05) is 0 Å². The van der Waals surface area contributed by atoms with E-state index in [0.717, 1.165) is 0 Å². The fourth-order valence-electron chi connectivity index (χ4n) is 0.610. The number of carboxylic acids is 1. The SMILES string of the molecule is CC(C)C(=O)NCCOCC(=O)O. The van der Waals surface area contributed by atoms with Crippen molar-refractivity contribution in [3.63, 3.8) is 0 Å². The van der Waals surface area contributed by atoms with E-state index in [2.05, 4.69) is 5.32 Å². The predicted octanol–water partition coefficient (Wildman–Crippen LogP) is -0.140. The summed E-state index contributed by atoms with van der Waals surface area (Å²) in [6, 6.07) is 0. The van der Waals surface area contributed by atoms with Crippen LogP contribution in [0.15, 0.2) is 0 Å². The van der Waals surface area contributed by atoms with Crippen LogP contribution in [0.2, 0.25) is 0 Å². The van der Waals surface area contributed by atoms with Gasteiger partial charge in [0.2, 0.25) is 5.91 Å². The Morgan fingerprint density at radius 2 is 2.08 bits per heavy atom. The summed E-state index contributed by atoms with van der Waals surface area (Å²) in [6.45, 7) is 3.83. The van der Waals surface area contributed by atoms with Gasteiger partial charge in [0.15, 0.2) is 0 Å². The molecular formula is C8H15NO4. The van der Waals surface area contributed by atoms with E-state index in [9.17, 15) is 9.59 Å².